The van der Waals surface area contributed by atoms with Gasteiger partial charge in [-0.15, -0.1) is 0 Å². The van der Waals surface area contributed by atoms with Gasteiger partial charge in [-0.25, -0.2) is 0 Å². The average Bonchev–Trinajstić information content (AvgIpc) is 1.89. The van der Waals surface area contributed by atoms with Crippen molar-refractivity contribution >= 4 is 5.78 Å². The lowest BCUT2D eigenvalue weighted by Crippen LogP contribution is -2.16. The summed E-state index contributed by atoms with van der Waals surface area (Å²) in [4.78, 5) is 10.6. The van der Waals surface area contributed by atoms with Gasteiger partial charge in [-0.1, -0.05) is 6.92 Å². The molecule has 0 aromatic heterocycles. The van der Waals surface area contributed by atoms with Crippen molar-refractivity contribution in [3.63, 3.8) is 0 Å². The molecule has 0 aliphatic carbocycles. The van der Waals surface area contributed by atoms with Crippen LogP contribution in [0, 0.1) is 6.92 Å². The van der Waals surface area contributed by atoms with E-state index in [2.05, 4.69) is 12.2 Å². The van der Waals surface area contributed by atoms with Gasteiger partial charge in [0.25, 0.3) is 0 Å². The second-order valence-corrected chi connectivity index (χ2v) is 1.89. The van der Waals surface area contributed by atoms with Crippen LogP contribution in [0.2, 0.25) is 0 Å². The largest absolute Gasteiger partial charge is 0.317 e. The smallest absolute Gasteiger partial charge is 0.134 e. The van der Waals surface area contributed by atoms with E-state index >= 15 is 0 Å². The highest BCUT2D eigenvalue weighted by Gasteiger charge is 1.94. The van der Waals surface area contributed by atoms with Crippen molar-refractivity contribution < 1.29 is 4.79 Å². The first-order chi connectivity index (χ1) is 4.31. The molecule has 0 bridgehead atoms. The molecule has 0 atom stereocenters. The Morgan fingerprint density at radius 2 is 2.33 bits per heavy atom. The van der Waals surface area contributed by atoms with Crippen LogP contribution in [0.4, 0.5) is 0 Å². The third-order valence-corrected chi connectivity index (χ3v) is 1.11. The molecule has 0 fully saturated rings. The summed E-state index contributed by atoms with van der Waals surface area (Å²) in [6, 6.07) is 0. The molecule has 0 spiro atoms. The third-order valence-electron chi connectivity index (χ3n) is 1.11. The van der Waals surface area contributed by atoms with Crippen LogP contribution in [-0.4, -0.2) is 18.9 Å². The van der Waals surface area contributed by atoms with Crippen LogP contribution in [0.5, 0.6) is 0 Å². The van der Waals surface area contributed by atoms with Gasteiger partial charge in [0, 0.05) is 19.4 Å². The molecular weight excluding hydrogens is 114 g/mol. The van der Waals surface area contributed by atoms with Crippen molar-refractivity contribution in [3.8, 4) is 0 Å². The molecule has 0 aromatic carbocycles. The van der Waals surface area contributed by atoms with E-state index in [1.54, 1.807) is 0 Å². The first kappa shape index (κ1) is 8.63. The molecule has 0 unspecified atom stereocenters. The van der Waals surface area contributed by atoms with Crippen LogP contribution in [0.1, 0.15) is 19.8 Å². The van der Waals surface area contributed by atoms with Gasteiger partial charge >= 0.3 is 0 Å². The molecular formula is C7H14NO. The molecule has 9 heavy (non-hydrogen) atoms. The van der Waals surface area contributed by atoms with Gasteiger partial charge in [0.05, 0.1) is 0 Å². The molecule has 2 heteroatoms. The van der Waals surface area contributed by atoms with Crippen molar-refractivity contribution in [2.75, 3.05) is 13.1 Å². The first-order valence-corrected chi connectivity index (χ1v) is 3.33. The molecule has 0 aliphatic rings. The van der Waals surface area contributed by atoms with Gasteiger partial charge in [-0.05, 0) is 13.5 Å². The van der Waals surface area contributed by atoms with E-state index in [-0.39, 0.29) is 5.78 Å². The molecule has 0 saturated heterocycles. The van der Waals surface area contributed by atoms with Crippen molar-refractivity contribution in [1.82, 2.24) is 5.32 Å². The van der Waals surface area contributed by atoms with E-state index in [1.807, 2.05) is 6.92 Å². The lowest BCUT2D eigenvalue weighted by Gasteiger charge is -1.97. The molecule has 0 aromatic rings. The highest BCUT2D eigenvalue weighted by molar-refractivity contribution is 5.78. The summed E-state index contributed by atoms with van der Waals surface area (Å²) in [5.74, 6) is 0.232. The van der Waals surface area contributed by atoms with Gasteiger partial charge < -0.3 is 5.32 Å². The highest BCUT2D eigenvalue weighted by atomic mass is 16.1. The SMILES string of the molecule is [CH2]CC(=O)CCNCC. The monoisotopic (exact) mass is 128 g/mol. The number of hydrogen-bond acceptors (Lipinski definition) is 2. The van der Waals surface area contributed by atoms with E-state index in [9.17, 15) is 4.79 Å². The Morgan fingerprint density at radius 3 is 2.78 bits per heavy atom. The van der Waals surface area contributed by atoms with Gasteiger partial charge in [0.1, 0.15) is 5.78 Å². The lowest BCUT2D eigenvalue weighted by atomic mass is 10.2. The van der Waals surface area contributed by atoms with E-state index in [0.717, 1.165) is 13.1 Å². The minimum Gasteiger partial charge on any atom is -0.317 e. The van der Waals surface area contributed by atoms with Gasteiger partial charge in [-0.2, -0.15) is 0 Å². The second kappa shape index (κ2) is 5.76. The summed E-state index contributed by atoms with van der Waals surface area (Å²) in [6.07, 6.45) is 1.04. The van der Waals surface area contributed by atoms with Crippen LogP contribution in [0.15, 0.2) is 0 Å². The minimum absolute atomic E-state index is 0.232. The molecule has 53 valence electrons. The predicted octanol–water partition coefficient (Wildman–Crippen LogP) is 0.779. The van der Waals surface area contributed by atoms with Gasteiger partial charge in [0.2, 0.25) is 0 Å². The molecule has 2 nitrogen and oxygen atoms in total. The molecule has 1 radical (unpaired) electrons. The zero-order chi connectivity index (χ0) is 7.11. The van der Waals surface area contributed by atoms with Gasteiger partial charge in [0.15, 0.2) is 0 Å². The maximum absolute atomic E-state index is 10.6. The fourth-order valence-corrected chi connectivity index (χ4v) is 0.530. The Bertz CT molecular complexity index is 81.0. The number of ketones is 1. The van der Waals surface area contributed by atoms with Crippen molar-refractivity contribution in [1.29, 1.82) is 0 Å². The topological polar surface area (TPSA) is 29.1 Å². The number of carbonyl (C=O) groups is 1. The Morgan fingerprint density at radius 1 is 1.67 bits per heavy atom. The summed E-state index contributed by atoms with van der Waals surface area (Å²) in [5.41, 5.74) is 0. The maximum atomic E-state index is 10.6. The summed E-state index contributed by atoms with van der Waals surface area (Å²) >= 11 is 0. The van der Waals surface area contributed by atoms with Crippen LogP contribution >= 0.6 is 0 Å². The number of carbonyl (C=O) groups excluding carboxylic acids is 1. The zero-order valence-electron chi connectivity index (χ0n) is 5.94. The summed E-state index contributed by atoms with van der Waals surface area (Å²) in [6.45, 7) is 7.24. The number of hydrogen-bond donors (Lipinski definition) is 1. The van der Waals surface area contributed by atoms with Crippen molar-refractivity contribution in [2.24, 2.45) is 0 Å². The van der Waals surface area contributed by atoms with Crippen LogP contribution in [0.3, 0.4) is 0 Å². The molecule has 0 heterocycles. The van der Waals surface area contributed by atoms with E-state index < -0.39 is 0 Å². The van der Waals surface area contributed by atoms with Crippen LogP contribution < -0.4 is 5.32 Å². The third kappa shape index (κ3) is 5.50. The van der Waals surface area contributed by atoms with E-state index in [0.29, 0.717) is 12.8 Å². The summed E-state index contributed by atoms with van der Waals surface area (Å²) in [7, 11) is 0. The van der Waals surface area contributed by atoms with Crippen molar-refractivity contribution in [3.05, 3.63) is 6.92 Å². The maximum Gasteiger partial charge on any atom is 0.134 e. The highest BCUT2D eigenvalue weighted by Crippen LogP contribution is 1.84. The van der Waals surface area contributed by atoms with E-state index in [1.165, 1.54) is 0 Å². The quantitative estimate of drug-likeness (QED) is 0.554. The van der Waals surface area contributed by atoms with E-state index in [4.69, 9.17) is 0 Å². The van der Waals surface area contributed by atoms with Crippen molar-refractivity contribution in [2.45, 2.75) is 19.8 Å². The Hall–Kier alpha value is -0.370. The average molecular weight is 128 g/mol. The lowest BCUT2D eigenvalue weighted by molar-refractivity contribution is -0.118. The summed E-state index contributed by atoms with van der Waals surface area (Å²) < 4.78 is 0. The second-order valence-electron chi connectivity index (χ2n) is 1.89. The Balaban J connectivity index is 2.97. The normalized spacial score (nSPS) is 9.56. The molecule has 1 N–H and O–H groups in total. The Kier molecular flexibility index (Phi) is 5.52. The van der Waals surface area contributed by atoms with Gasteiger partial charge in [-0.3, -0.25) is 4.79 Å². The zero-order valence-corrected chi connectivity index (χ0v) is 5.94. The molecule has 0 amide bonds. The first-order valence-electron chi connectivity index (χ1n) is 3.33. The number of nitrogens with one attached hydrogen (secondary N) is 1. The van der Waals surface area contributed by atoms with Crippen LogP contribution in [0.25, 0.3) is 0 Å². The fourth-order valence-electron chi connectivity index (χ4n) is 0.530. The minimum atomic E-state index is 0.232. The standard InChI is InChI=1S/C7H14NO/c1-3-7(9)5-6-8-4-2/h8H,1,3-6H2,2H3. The fraction of sp³-hybridized carbons (Fsp3) is 0.714. The number of rotatable bonds is 5. The number of Topliss-reactive ketones (excluding diaryl/α,β-unsaturated/α-hetero) is 1. The molecule has 0 aliphatic heterocycles. The van der Waals surface area contributed by atoms with Crippen LogP contribution in [-0.2, 0) is 4.79 Å². The molecule has 0 saturated carbocycles. The Labute approximate surface area is 56.6 Å². The molecule has 0 rings (SSSR count). The predicted molar refractivity (Wildman–Crippen MR) is 38.1 cm³/mol. The summed E-state index contributed by atoms with van der Waals surface area (Å²) in [5, 5.41) is 3.06.